The van der Waals surface area contributed by atoms with Gasteiger partial charge >= 0.3 is 0 Å². The summed E-state index contributed by atoms with van der Waals surface area (Å²) in [5.41, 5.74) is 5.96. The van der Waals surface area contributed by atoms with Crippen LogP contribution in [0.3, 0.4) is 0 Å². The molecule has 0 aliphatic carbocycles. The fraction of sp³-hybridized carbons (Fsp3) is 0.100. The third kappa shape index (κ3) is 3.50. The van der Waals surface area contributed by atoms with Gasteiger partial charge in [0.15, 0.2) is 0 Å². The molecule has 1 aromatic carbocycles. The Morgan fingerprint density at radius 3 is 2.69 bits per heavy atom. The lowest BCUT2D eigenvalue weighted by molar-refractivity contribution is 0.0948. The predicted octanol–water partition coefficient (Wildman–Crippen LogP) is 3.69. The highest BCUT2D eigenvalue weighted by Gasteiger charge is 2.16. The van der Waals surface area contributed by atoms with E-state index in [0.29, 0.717) is 39.1 Å². The fourth-order valence-electron chi connectivity index (χ4n) is 3.01. The highest BCUT2D eigenvalue weighted by Crippen LogP contribution is 2.22. The highest BCUT2D eigenvalue weighted by atomic mass is 35.5. The number of hydrogen-bond acceptors (Lipinski definition) is 4. The van der Waals surface area contributed by atoms with E-state index in [1.165, 1.54) is 23.0 Å². The maximum absolute atomic E-state index is 13.1. The second-order valence-corrected chi connectivity index (χ2v) is 6.71. The molecule has 3 heterocycles. The average Bonchev–Trinajstić information content (AvgIpc) is 3.18. The zero-order valence-electron chi connectivity index (χ0n) is 15.6. The average molecular weight is 411 g/mol. The molecule has 4 aromatic rings. The van der Waals surface area contributed by atoms with E-state index in [1.807, 2.05) is 18.2 Å². The first-order valence-electron chi connectivity index (χ1n) is 8.74. The fourth-order valence-corrected chi connectivity index (χ4v) is 3.33. The largest absolute Gasteiger partial charge is 0.295 e. The zero-order chi connectivity index (χ0) is 20.5. The number of nitrogens with zero attached hydrogens (tertiary/aromatic N) is 5. The molecule has 0 spiro atoms. The summed E-state index contributed by atoms with van der Waals surface area (Å²) >= 11 is 6.41. The van der Waals surface area contributed by atoms with Crippen LogP contribution in [0.25, 0.3) is 11.3 Å². The van der Waals surface area contributed by atoms with Crippen LogP contribution in [0.2, 0.25) is 5.15 Å². The van der Waals surface area contributed by atoms with Crippen LogP contribution in [0.5, 0.6) is 0 Å². The standard InChI is InChI=1S/C20H16ClFN6O/c1-12-16(19(21)28(26-12)15-8-6-14(22)7-9-15)11-23-25-20(29)18-13(2)24-17-5-3-4-10-27(17)18/h3-11H,1-2H3,(H,25,29)/b23-11-. The summed E-state index contributed by atoms with van der Waals surface area (Å²) in [4.78, 5) is 16.9. The maximum atomic E-state index is 13.1. The minimum atomic E-state index is -0.392. The minimum Gasteiger partial charge on any atom is -0.295 e. The molecule has 146 valence electrons. The topological polar surface area (TPSA) is 76.6 Å². The smallest absolute Gasteiger partial charge is 0.290 e. The summed E-state index contributed by atoms with van der Waals surface area (Å²) in [6.45, 7) is 3.53. The van der Waals surface area contributed by atoms with Crippen molar-refractivity contribution < 1.29 is 9.18 Å². The molecular formula is C20H16ClFN6O. The molecule has 1 amide bonds. The quantitative estimate of drug-likeness (QED) is 0.411. The Morgan fingerprint density at radius 2 is 1.93 bits per heavy atom. The summed E-state index contributed by atoms with van der Waals surface area (Å²) in [5, 5.41) is 8.69. The highest BCUT2D eigenvalue weighted by molar-refractivity contribution is 6.32. The van der Waals surface area contributed by atoms with Crippen LogP contribution in [0.1, 0.15) is 27.4 Å². The van der Waals surface area contributed by atoms with Gasteiger partial charge in [-0.2, -0.15) is 10.2 Å². The summed E-state index contributed by atoms with van der Waals surface area (Å²) in [6, 6.07) is 11.3. The second-order valence-electron chi connectivity index (χ2n) is 6.35. The molecule has 7 nitrogen and oxygen atoms in total. The van der Waals surface area contributed by atoms with Crippen LogP contribution in [0, 0.1) is 19.7 Å². The number of hydrogen-bond donors (Lipinski definition) is 1. The van der Waals surface area contributed by atoms with E-state index in [-0.39, 0.29) is 5.82 Å². The van der Waals surface area contributed by atoms with Crippen LogP contribution in [-0.4, -0.2) is 31.3 Å². The summed E-state index contributed by atoms with van der Waals surface area (Å²) in [5.74, 6) is -0.738. The monoisotopic (exact) mass is 410 g/mol. The molecule has 0 atom stereocenters. The van der Waals surface area contributed by atoms with Crippen LogP contribution in [0.15, 0.2) is 53.8 Å². The van der Waals surface area contributed by atoms with Gasteiger partial charge in [0.2, 0.25) is 0 Å². The number of carbonyl (C=O) groups is 1. The number of carbonyl (C=O) groups excluding carboxylic acids is 1. The number of rotatable bonds is 4. The molecule has 4 rings (SSSR count). The molecule has 1 N–H and O–H groups in total. The summed E-state index contributed by atoms with van der Waals surface area (Å²) < 4.78 is 16.3. The van der Waals surface area contributed by atoms with Crippen LogP contribution < -0.4 is 5.43 Å². The molecule has 0 unspecified atom stereocenters. The van der Waals surface area contributed by atoms with Gasteiger partial charge in [0.1, 0.15) is 22.3 Å². The predicted molar refractivity (Wildman–Crippen MR) is 108 cm³/mol. The van der Waals surface area contributed by atoms with Crippen LogP contribution >= 0.6 is 11.6 Å². The van der Waals surface area contributed by atoms with Crippen molar-refractivity contribution in [2.24, 2.45) is 5.10 Å². The Hall–Kier alpha value is -3.52. The molecule has 0 saturated heterocycles. The van der Waals surface area contributed by atoms with Crippen molar-refractivity contribution in [3.63, 3.8) is 0 Å². The number of pyridine rings is 1. The Bertz CT molecular complexity index is 1240. The van der Waals surface area contributed by atoms with Crippen molar-refractivity contribution in [1.29, 1.82) is 0 Å². The van der Waals surface area contributed by atoms with Gasteiger partial charge < -0.3 is 0 Å². The van der Waals surface area contributed by atoms with Crippen LogP contribution in [-0.2, 0) is 0 Å². The molecule has 0 radical (unpaired) electrons. The molecule has 0 saturated carbocycles. The Labute approximate surface area is 170 Å². The maximum Gasteiger partial charge on any atom is 0.290 e. The number of aryl methyl sites for hydroxylation is 2. The van der Waals surface area contributed by atoms with Gasteiger partial charge in [0.05, 0.1) is 28.9 Å². The number of halogens is 2. The molecule has 29 heavy (non-hydrogen) atoms. The van der Waals surface area contributed by atoms with Gasteiger partial charge in [-0.1, -0.05) is 17.7 Å². The van der Waals surface area contributed by atoms with Gasteiger partial charge in [0.25, 0.3) is 5.91 Å². The van der Waals surface area contributed by atoms with Crippen molar-refractivity contribution in [3.8, 4) is 5.69 Å². The first-order chi connectivity index (χ1) is 14.0. The minimum absolute atomic E-state index is 0.304. The molecule has 0 aliphatic rings. The molecule has 0 aliphatic heterocycles. The van der Waals surface area contributed by atoms with Crippen molar-refractivity contribution in [2.75, 3.05) is 0 Å². The van der Waals surface area contributed by atoms with E-state index in [4.69, 9.17) is 11.6 Å². The van der Waals surface area contributed by atoms with E-state index in [0.717, 1.165) is 0 Å². The van der Waals surface area contributed by atoms with E-state index in [9.17, 15) is 9.18 Å². The molecular weight excluding hydrogens is 395 g/mol. The van der Waals surface area contributed by atoms with Crippen LogP contribution in [0.4, 0.5) is 4.39 Å². The van der Waals surface area contributed by atoms with Crippen molar-refractivity contribution in [3.05, 3.63) is 82.3 Å². The SMILES string of the molecule is Cc1nn(-c2ccc(F)cc2)c(Cl)c1/C=N\NC(=O)c1c(C)nc2ccccn12. The molecule has 9 heteroatoms. The van der Waals surface area contributed by atoms with Crippen molar-refractivity contribution in [2.45, 2.75) is 13.8 Å². The van der Waals surface area contributed by atoms with Gasteiger partial charge in [-0.25, -0.2) is 19.5 Å². The van der Waals surface area contributed by atoms with E-state index >= 15 is 0 Å². The van der Waals surface area contributed by atoms with Gasteiger partial charge in [-0.05, 0) is 50.2 Å². The Kier molecular flexibility index (Phi) is 4.85. The lowest BCUT2D eigenvalue weighted by atomic mass is 10.3. The number of benzene rings is 1. The van der Waals surface area contributed by atoms with E-state index in [2.05, 4.69) is 20.6 Å². The third-order valence-electron chi connectivity index (χ3n) is 4.40. The number of aromatic nitrogens is 4. The van der Waals surface area contributed by atoms with Crippen molar-refractivity contribution in [1.82, 2.24) is 24.6 Å². The normalized spacial score (nSPS) is 11.4. The van der Waals surface area contributed by atoms with Gasteiger partial charge in [-0.3, -0.25) is 9.20 Å². The van der Waals surface area contributed by atoms with Crippen molar-refractivity contribution >= 4 is 29.4 Å². The Balaban J connectivity index is 1.57. The molecule has 0 bridgehead atoms. The summed E-state index contributed by atoms with van der Waals surface area (Å²) in [6.07, 6.45) is 3.20. The Morgan fingerprint density at radius 1 is 1.17 bits per heavy atom. The van der Waals surface area contributed by atoms with E-state index in [1.54, 1.807) is 36.6 Å². The zero-order valence-corrected chi connectivity index (χ0v) is 16.4. The second kappa shape index (κ2) is 7.48. The summed E-state index contributed by atoms with van der Waals surface area (Å²) in [7, 11) is 0. The number of hydrazone groups is 1. The number of nitrogens with one attached hydrogen (secondary N) is 1. The number of amides is 1. The lowest BCUT2D eigenvalue weighted by Gasteiger charge is -2.03. The van der Waals surface area contributed by atoms with Gasteiger partial charge in [-0.15, -0.1) is 0 Å². The number of fused-ring (bicyclic) bond motifs is 1. The first-order valence-corrected chi connectivity index (χ1v) is 9.11. The molecule has 3 aromatic heterocycles. The number of imidazole rings is 1. The molecule has 0 fully saturated rings. The van der Waals surface area contributed by atoms with E-state index < -0.39 is 5.91 Å². The lowest BCUT2D eigenvalue weighted by Crippen LogP contribution is -2.20. The third-order valence-corrected chi connectivity index (χ3v) is 4.76. The first kappa shape index (κ1) is 18.8. The van der Waals surface area contributed by atoms with Gasteiger partial charge in [0, 0.05) is 6.20 Å².